The Morgan fingerprint density at radius 1 is 1.00 bits per heavy atom. The number of rotatable bonds is 2. The highest BCUT2D eigenvalue weighted by molar-refractivity contribution is 6.30. The maximum absolute atomic E-state index is 11.8. The molecule has 0 saturated heterocycles. The molecule has 2 aromatic carbocycles. The fourth-order valence-electron chi connectivity index (χ4n) is 1.89. The molecule has 0 radical (unpaired) electrons. The summed E-state index contributed by atoms with van der Waals surface area (Å²) in [6, 6.07) is 16.5. The van der Waals surface area contributed by atoms with Crippen LogP contribution in [0.5, 0.6) is 0 Å². The number of H-pyrrole nitrogens is 1. The van der Waals surface area contributed by atoms with Crippen LogP contribution in [0.25, 0.3) is 16.9 Å². The first-order valence-electron chi connectivity index (χ1n) is 5.70. The molecule has 19 heavy (non-hydrogen) atoms. The number of para-hydroxylation sites is 1. The van der Waals surface area contributed by atoms with Crippen LogP contribution in [0.3, 0.4) is 0 Å². The summed E-state index contributed by atoms with van der Waals surface area (Å²) in [7, 11) is 0. The molecule has 0 unspecified atom stereocenters. The molecule has 1 aromatic heterocycles. The van der Waals surface area contributed by atoms with Crippen LogP contribution < -0.4 is 10.3 Å². The van der Waals surface area contributed by atoms with Crippen LogP contribution in [-0.2, 0) is 0 Å². The number of hydrogen-bond donors (Lipinski definition) is 1. The Bertz CT molecular complexity index is 745. The minimum atomic E-state index is -0.425. The summed E-state index contributed by atoms with van der Waals surface area (Å²) < 4.78 is 6.49. The van der Waals surface area contributed by atoms with Gasteiger partial charge in [0.2, 0.25) is 5.69 Å². The van der Waals surface area contributed by atoms with E-state index in [1.807, 2.05) is 30.3 Å². The topological polar surface area (TPSA) is 49.9 Å². The van der Waals surface area contributed by atoms with E-state index in [0.29, 0.717) is 10.7 Å². The highest BCUT2D eigenvalue weighted by Gasteiger charge is 2.24. The summed E-state index contributed by atoms with van der Waals surface area (Å²) in [5.74, 6) is 0. The van der Waals surface area contributed by atoms with Gasteiger partial charge in [-0.1, -0.05) is 29.8 Å². The van der Waals surface area contributed by atoms with Gasteiger partial charge in [-0.2, -0.15) is 0 Å². The van der Waals surface area contributed by atoms with Crippen LogP contribution in [0.15, 0.2) is 63.9 Å². The number of aromatic nitrogens is 2. The zero-order valence-electron chi connectivity index (χ0n) is 9.84. The smallest absolute Gasteiger partial charge is 0.282 e. The van der Waals surface area contributed by atoms with Gasteiger partial charge in [0.25, 0.3) is 0 Å². The highest BCUT2D eigenvalue weighted by Crippen LogP contribution is 2.16. The lowest BCUT2D eigenvalue weighted by Gasteiger charge is -1.95. The molecule has 0 amide bonds. The van der Waals surface area contributed by atoms with Crippen molar-refractivity contribution < 1.29 is 9.20 Å². The predicted molar refractivity (Wildman–Crippen MR) is 71.3 cm³/mol. The quantitative estimate of drug-likeness (QED) is 0.730. The number of nitrogens with one attached hydrogen (secondary N) is 1. The third-order valence-electron chi connectivity index (χ3n) is 2.78. The van der Waals surface area contributed by atoms with Crippen molar-refractivity contribution in [1.82, 2.24) is 5.27 Å². The zero-order valence-corrected chi connectivity index (χ0v) is 10.6. The van der Waals surface area contributed by atoms with E-state index in [0.717, 1.165) is 11.3 Å². The van der Waals surface area contributed by atoms with E-state index in [2.05, 4.69) is 5.27 Å². The summed E-state index contributed by atoms with van der Waals surface area (Å²) in [6.45, 7) is 0. The second-order valence-corrected chi connectivity index (χ2v) is 4.44. The van der Waals surface area contributed by atoms with Crippen molar-refractivity contribution in [2.45, 2.75) is 0 Å². The molecule has 0 saturated carbocycles. The Balaban J connectivity index is 2.19. The van der Waals surface area contributed by atoms with Gasteiger partial charge in [-0.25, -0.2) is 4.79 Å². The Labute approximate surface area is 113 Å². The van der Waals surface area contributed by atoms with Gasteiger partial charge < -0.3 is 0 Å². The van der Waals surface area contributed by atoms with Gasteiger partial charge in [-0.05, 0) is 34.2 Å². The third kappa shape index (κ3) is 2.18. The van der Waals surface area contributed by atoms with E-state index in [4.69, 9.17) is 16.1 Å². The van der Waals surface area contributed by atoms with Crippen molar-refractivity contribution in [1.29, 1.82) is 0 Å². The van der Waals surface area contributed by atoms with Gasteiger partial charge in [0.15, 0.2) is 0 Å². The van der Waals surface area contributed by atoms with E-state index in [9.17, 15) is 4.79 Å². The van der Waals surface area contributed by atoms with Gasteiger partial charge in [-0.3, -0.25) is 4.52 Å². The normalized spacial score (nSPS) is 10.6. The highest BCUT2D eigenvalue weighted by atomic mass is 35.5. The maximum atomic E-state index is 11.8. The molecule has 0 aliphatic carbocycles. The Hall–Kier alpha value is -2.33. The van der Waals surface area contributed by atoms with E-state index >= 15 is 0 Å². The number of benzene rings is 2. The molecule has 1 N–H and O–H groups in total. The van der Waals surface area contributed by atoms with E-state index in [-0.39, 0.29) is 0 Å². The van der Waals surface area contributed by atoms with Crippen molar-refractivity contribution >= 4 is 11.6 Å². The van der Waals surface area contributed by atoms with Gasteiger partial charge >= 0.3 is 11.3 Å². The summed E-state index contributed by atoms with van der Waals surface area (Å²) in [5, 5.41) is 3.22. The maximum Gasteiger partial charge on any atom is 0.435 e. The molecular formula is C14H10ClN2O2+. The van der Waals surface area contributed by atoms with Crippen LogP contribution >= 0.6 is 11.6 Å². The SMILES string of the molecule is O=c1o[nH][n+](-c2ccccc2)c1-c1ccc(Cl)cc1. The molecule has 5 heteroatoms. The largest absolute Gasteiger partial charge is 0.435 e. The third-order valence-corrected chi connectivity index (χ3v) is 3.03. The van der Waals surface area contributed by atoms with Crippen LogP contribution in [0.1, 0.15) is 0 Å². The minimum Gasteiger partial charge on any atom is -0.282 e. The lowest BCUT2D eigenvalue weighted by molar-refractivity contribution is -0.660. The summed E-state index contributed by atoms with van der Waals surface area (Å²) in [6.07, 6.45) is 0. The number of halogens is 1. The van der Waals surface area contributed by atoms with Crippen LogP contribution in [0.4, 0.5) is 0 Å². The molecule has 1 heterocycles. The molecule has 3 rings (SSSR count). The number of hydrogen-bond acceptors (Lipinski definition) is 2. The zero-order chi connectivity index (χ0) is 13.2. The molecule has 0 atom stereocenters. The van der Waals surface area contributed by atoms with E-state index < -0.39 is 5.63 Å². The molecule has 94 valence electrons. The van der Waals surface area contributed by atoms with Gasteiger partial charge in [-0.15, -0.1) is 0 Å². The predicted octanol–water partition coefficient (Wildman–Crippen LogP) is 2.57. The van der Waals surface area contributed by atoms with Gasteiger partial charge in [0.05, 0.1) is 5.56 Å². The second kappa shape index (κ2) is 4.74. The average Bonchev–Trinajstić information content (AvgIpc) is 2.83. The molecule has 0 aliphatic rings. The standard InChI is InChI=1S/C14H9ClN2O2/c15-11-8-6-10(7-9-11)13-14(18)19-16-17(13)12-4-2-1-3-5-12/h1-9H/p+1. The monoisotopic (exact) mass is 273 g/mol. The lowest BCUT2D eigenvalue weighted by atomic mass is 10.1. The van der Waals surface area contributed by atoms with Gasteiger partial charge in [0.1, 0.15) is 0 Å². The van der Waals surface area contributed by atoms with Gasteiger partial charge in [0, 0.05) is 17.2 Å². The minimum absolute atomic E-state index is 0.425. The molecule has 0 aliphatic heterocycles. The average molecular weight is 274 g/mol. The van der Waals surface area contributed by atoms with E-state index in [1.165, 1.54) is 0 Å². The number of aromatic amines is 1. The lowest BCUT2D eigenvalue weighted by Crippen LogP contribution is -2.35. The molecule has 0 spiro atoms. The molecule has 4 nitrogen and oxygen atoms in total. The van der Waals surface area contributed by atoms with Crippen molar-refractivity contribution in [3.05, 3.63) is 70.0 Å². The Morgan fingerprint density at radius 3 is 2.37 bits per heavy atom. The summed E-state index contributed by atoms with van der Waals surface area (Å²) in [4.78, 5) is 11.8. The van der Waals surface area contributed by atoms with Crippen LogP contribution in [0, 0.1) is 0 Å². The first kappa shape index (κ1) is 11.7. The molecule has 0 fully saturated rings. The molecule has 3 aromatic rings. The molecular weight excluding hydrogens is 264 g/mol. The van der Waals surface area contributed by atoms with Crippen LogP contribution in [0.2, 0.25) is 5.02 Å². The first-order valence-corrected chi connectivity index (χ1v) is 6.08. The number of nitrogens with zero attached hydrogens (tertiary/aromatic N) is 1. The Kier molecular flexibility index (Phi) is 2.93. The summed E-state index contributed by atoms with van der Waals surface area (Å²) in [5.41, 5.74) is 1.57. The Morgan fingerprint density at radius 2 is 1.68 bits per heavy atom. The fourth-order valence-corrected chi connectivity index (χ4v) is 2.01. The second-order valence-electron chi connectivity index (χ2n) is 4.01. The van der Waals surface area contributed by atoms with Crippen molar-refractivity contribution in [3.63, 3.8) is 0 Å². The van der Waals surface area contributed by atoms with Crippen molar-refractivity contribution in [3.8, 4) is 16.9 Å². The van der Waals surface area contributed by atoms with Crippen molar-refractivity contribution in [2.75, 3.05) is 0 Å². The van der Waals surface area contributed by atoms with Crippen LogP contribution in [-0.4, -0.2) is 5.27 Å². The summed E-state index contributed by atoms with van der Waals surface area (Å²) >= 11 is 5.85. The van der Waals surface area contributed by atoms with E-state index in [1.54, 1.807) is 28.9 Å². The first-order chi connectivity index (χ1) is 9.25. The van der Waals surface area contributed by atoms with Crippen molar-refractivity contribution in [2.24, 2.45) is 0 Å². The fraction of sp³-hybridized carbons (Fsp3) is 0. The molecule has 0 bridgehead atoms.